The average Bonchev–Trinajstić information content (AvgIpc) is 3.19. The highest BCUT2D eigenvalue weighted by Crippen LogP contribution is 2.27. The fourth-order valence-electron chi connectivity index (χ4n) is 3.57. The number of carbonyl (C=O) groups excluding carboxylic acids is 2. The van der Waals surface area contributed by atoms with Gasteiger partial charge in [0.15, 0.2) is 0 Å². The van der Waals surface area contributed by atoms with Gasteiger partial charge in [-0.15, -0.1) is 0 Å². The maximum atomic E-state index is 12.9. The molecule has 2 amide bonds. The van der Waals surface area contributed by atoms with Gasteiger partial charge in [0.1, 0.15) is 0 Å². The molecule has 158 valence electrons. The standard InChI is InChI=1S/C23H20Cl2N4O2/c24-18-5-3-14(20(25)10-18)9-21(26)23(31)29-12-16-4-6-19(8-17(16)13-29)28-22(30)15-2-1-7-27-11-15/h1-8,10-11,21H,9,12-13,26H2,(H,28,30)/t21-/m1/s1. The predicted molar refractivity (Wildman–Crippen MR) is 121 cm³/mol. The number of benzene rings is 2. The summed E-state index contributed by atoms with van der Waals surface area (Å²) in [5, 5.41) is 3.90. The third kappa shape index (κ3) is 4.88. The van der Waals surface area contributed by atoms with Crippen molar-refractivity contribution < 1.29 is 9.59 Å². The fraction of sp³-hybridized carbons (Fsp3) is 0.174. The van der Waals surface area contributed by atoms with Gasteiger partial charge >= 0.3 is 0 Å². The van der Waals surface area contributed by atoms with E-state index >= 15 is 0 Å². The van der Waals surface area contributed by atoms with Gasteiger partial charge < -0.3 is 16.0 Å². The van der Waals surface area contributed by atoms with Crippen LogP contribution in [0, 0.1) is 0 Å². The van der Waals surface area contributed by atoms with E-state index in [-0.39, 0.29) is 11.8 Å². The Morgan fingerprint density at radius 3 is 2.65 bits per heavy atom. The number of pyridine rings is 1. The Balaban J connectivity index is 1.41. The molecule has 0 fully saturated rings. The molecule has 1 atom stereocenters. The van der Waals surface area contributed by atoms with Crippen molar-refractivity contribution in [1.29, 1.82) is 0 Å². The lowest BCUT2D eigenvalue weighted by Gasteiger charge is -2.20. The lowest BCUT2D eigenvalue weighted by Crippen LogP contribution is -2.42. The Labute approximate surface area is 190 Å². The van der Waals surface area contributed by atoms with Crippen molar-refractivity contribution in [1.82, 2.24) is 9.88 Å². The van der Waals surface area contributed by atoms with E-state index < -0.39 is 6.04 Å². The lowest BCUT2D eigenvalue weighted by molar-refractivity contribution is -0.133. The third-order valence-corrected chi connectivity index (χ3v) is 5.78. The monoisotopic (exact) mass is 454 g/mol. The van der Waals surface area contributed by atoms with Gasteiger partial charge in [-0.2, -0.15) is 0 Å². The van der Waals surface area contributed by atoms with Gasteiger partial charge in [0.25, 0.3) is 5.91 Å². The van der Waals surface area contributed by atoms with Crippen molar-refractivity contribution in [2.45, 2.75) is 25.6 Å². The van der Waals surface area contributed by atoms with Crippen LogP contribution in [0.15, 0.2) is 60.9 Å². The summed E-state index contributed by atoms with van der Waals surface area (Å²) in [6, 6.07) is 13.5. The van der Waals surface area contributed by atoms with Gasteiger partial charge in [0.05, 0.1) is 11.6 Å². The molecule has 4 rings (SSSR count). The smallest absolute Gasteiger partial charge is 0.257 e. The van der Waals surface area contributed by atoms with Gasteiger partial charge in [-0.25, -0.2) is 0 Å². The zero-order valence-electron chi connectivity index (χ0n) is 16.5. The molecule has 2 heterocycles. The highest BCUT2D eigenvalue weighted by molar-refractivity contribution is 6.35. The number of fused-ring (bicyclic) bond motifs is 1. The molecule has 0 saturated carbocycles. The number of hydrogen-bond donors (Lipinski definition) is 2. The van der Waals surface area contributed by atoms with E-state index in [1.165, 1.54) is 6.20 Å². The molecule has 2 aromatic carbocycles. The first-order chi connectivity index (χ1) is 14.9. The molecule has 1 aliphatic heterocycles. The van der Waals surface area contributed by atoms with E-state index in [4.69, 9.17) is 28.9 Å². The molecule has 8 heteroatoms. The Hall–Kier alpha value is -2.93. The SMILES string of the molecule is N[C@H](Cc1ccc(Cl)cc1Cl)C(=O)N1Cc2ccc(NC(=O)c3cccnc3)cc2C1. The summed E-state index contributed by atoms with van der Waals surface area (Å²) in [5.41, 5.74) is 10.1. The number of hydrogen-bond acceptors (Lipinski definition) is 4. The first-order valence-corrected chi connectivity index (χ1v) is 10.5. The number of rotatable bonds is 5. The summed E-state index contributed by atoms with van der Waals surface area (Å²) in [6.45, 7) is 0.917. The average molecular weight is 455 g/mol. The number of nitrogens with two attached hydrogens (primary N) is 1. The Kier molecular flexibility index (Phi) is 6.23. The zero-order chi connectivity index (χ0) is 22.0. The van der Waals surface area contributed by atoms with Crippen molar-refractivity contribution in [3.63, 3.8) is 0 Å². The minimum Gasteiger partial charge on any atom is -0.333 e. The highest BCUT2D eigenvalue weighted by Gasteiger charge is 2.28. The van der Waals surface area contributed by atoms with Crippen molar-refractivity contribution in [3.8, 4) is 0 Å². The van der Waals surface area contributed by atoms with E-state index in [0.717, 1.165) is 16.7 Å². The van der Waals surface area contributed by atoms with E-state index in [1.807, 2.05) is 18.2 Å². The third-order valence-electron chi connectivity index (χ3n) is 5.19. The van der Waals surface area contributed by atoms with Crippen LogP contribution in [0.25, 0.3) is 0 Å². The molecular weight excluding hydrogens is 435 g/mol. The van der Waals surface area contributed by atoms with Crippen molar-refractivity contribution >= 4 is 40.7 Å². The molecule has 3 aromatic rings. The van der Waals surface area contributed by atoms with Crippen LogP contribution in [-0.2, 0) is 24.3 Å². The number of carbonyl (C=O) groups is 2. The van der Waals surface area contributed by atoms with Gasteiger partial charge in [0.2, 0.25) is 5.91 Å². The minimum absolute atomic E-state index is 0.150. The lowest BCUT2D eigenvalue weighted by atomic mass is 10.1. The number of nitrogens with one attached hydrogen (secondary N) is 1. The second kappa shape index (κ2) is 9.06. The zero-order valence-corrected chi connectivity index (χ0v) is 18.0. The van der Waals surface area contributed by atoms with Crippen LogP contribution < -0.4 is 11.1 Å². The number of aromatic nitrogens is 1. The molecule has 31 heavy (non-hydrogen) atoms. The van der Waals surface area contributed by atoms with Gasteiger partial charge in [-0.3, -0.25) is 14.6 Å². The van der Waals surface area contributed by atoms with E-state index in [2.05, 4.69) is 10.3 Å². The van der Waals surface area contributed by atoms with E-state index in [1.54, 1.807) is 41.4 Å². The van der Waals surface area contributed by atoms with Crippen LogP contribution in [0.1, 0.15) is 27.0 Å². The number of nitrogens with zero attached hydrogens (tertiary/aromatic N) is 2. The second-order valence-electron chi connectivity index (χ2n) is 7.42. The molecule has 6 nitrogen and oxygen atoms in total. The Morgan fingerprint density at radius 2 is 1.90 bits per heavy atom. The first kappa shape index (κ1) is 21.3. The first-order valence-electron chi connectivity index (χ1n) is 9.72. The van der Waals surface area contributed by atoms with Crippen LogP contribution in [0.2, 0.25) is 10.0 Å². The summed E-state index contributed by atoms with van der Waals surface area (Å²) in [4.78, 5) is 30.9. The normalized spacial score (nSPS) is 13.6. The second-order valence-corrected chi connectivity index (χ2v) is 8.26. The van der Waals surface area contributed by atoms with E-state index in [9.17, 15) is 9.59 Å². The summed E-state index contributed by atoms with van der Waals surface area (Å²) in [5.74, 6) is -0.385. The van der Waals surface area contributed by atoms with Crippen LogP contribution in [0.5, 0.6) is 0 Å². The van der Waals surface area contributed by atoms with Gasteiger partial charge in [-0.05, 0) is 59.5 Å². The number of anilines is 1. The topological polar surface area (TPSA) is 88.3 Å². The molecule has 3 N–H and O–H groups in total. The van der Waals surface area contributed by atoms with Gasteiger partial charge in [0, 0.05) is 41.2 Å². The van der Waals surface area contributed by atoms with Crippen LogP contribution in [0.4, 0.5) is 5.69 Å². The molecule has 0 saturated heterocycles. The van der Waals surface area contributed by atoms with Crippen LogP contribution >= 0.6 is 23.2 Å². The molecule has 0 aliphatic carbocycles. The number of halogens is 2. The van der Waals surface area contributed by atoms with Crippen molar-refractivity contribution in [2.24, 2.45) is 5.73 Å². The molecular formula is C23H20Cl2N4O2. The van der Waals surface area contributed by atoms with Crippen LogP contribution in [0.3, 0.4) is 0 Å². The Bertz CT molecular complexity index is 1140. The fourth-order valence-corrected chi connectivity index (χ4v) is 4.06. The molecule has 0 bridgehead atoms. The van der Waals surface area contributed by atoms with Gasteiger partial charge in [-0.1, -0.05) is 35.3 Å². The predicted octanol–water partition coefficient (Wildman–Crippen LogP) is 4.05. The number of amides is 2. The quantitative estimate of drug-likeness (QED) is 0.608. The molecule has 0 radical (unpaired) electrons. The summed E-state index contributed by atoms with van der Waals surface area (Å²) in [7, 11) is 0. The molecule has 1 aliphatic rings. The summed E-state index contributed by atoms with van der Waals surface area (Å²) < 4.78 is 0. The summed E-state index contributed by atoms with van der Waals surface area (Å²) >= 11 is 12.1. The summed E-state index contributed by atoms with van der Waals surface area (Å²) in [6.07, 6.45) is 3.45. The Morgan fingerprint density at radius 1 is 1.10 bits per heavy atom. The largest absolute Gasteiger partial charge is 0.333 e. The van der Waals surface area contributed by atoms with Crippen molar-refractivity contribution in [3.05, 3.63) is 93.2 Å². The highest BCUT2D eigenvalue weighted by atomic mass is 35.5. The maximum absolute atomic E-state index is 12.9. The molecule has 0 unspecified atom stereocenters. The molecule has 0 spiro atoms. The molecule has 1 aromatic heterocycles. The van der Waals surface area contributed by atoms with E-state index in [0.29, 0.717) is 40.8 Å². The maximum Gasteiger partial charge on any atom is 0.257 e. The van der Waals surface area contributed by atoms with Crippen LogP contribution in [-0.4, -0.2) is 27.7 Å². The van der Waals surface area contributed by atoms with Crippen molar-refractivity contribution in [2.75, 3.05) is 5.32 Å². The minimum atomic E-state index is -0.710.